The summed E-state index contributed by atoms with van der Waals surface area (Å²) in [6.07, 6.45) is -0.893. The van der Waals surface area contributed by atoms with E-state index in [1.54, 1.807) is 18.1 Å². The number of nitriles is 2. The van der Waals surface area contributed by atoms with Gasteiger partial charge in [-0.2, -0.15) is 54.6 Å². The molecular weight excluding hydrogens is 1190 g/mol. The lowest BCUT2D eigenvalue weighted by atomic mass is 9.97. The number of aromatic amines is 2. The Bertz CT molecular complexity index is 3690. The van der Waals surface area contributed by atoms with Crippen LogP contribution in [0.3, 0.4) is 0 Å². The van der Waals surface area contributed by atoms with Crippen LogP contribution in [0.25, 0.3) is 42.2 Å². The van der Waals surface area contributed by atoms with Gasteiger partial charge in [-0.1, -0.05) is 12.1 Å². The van der Waals surface area contributed by atoms with Crippen molar-refractivity contribution in [1.82, 2.24) is 55.0 Å². The largest absolute Gasteiger partial charge is 0.393 e. The van der Waals surface area contributed by atoms with Crippen molar-refractivity contribution in [2.24, 2.45) is 5.73 Å². The van der Waals surface area contributed by atoms with E-state index in [0.29, 0.717) is 68.6 Å². The molecular formula is C59H68F6N16O3S3. The first-order valence-electron chi connectivity index (χ1n) is 28.7. The lowest BCUT2D eigenvalue weighted by Gasteiger charge is -2.40. The fraction of sp³-hybridized carbons (Fsp3) is 0.475. The van der Waals surface area contributed by atoms with Gasteiger partial charge in [0.05, 0.1) is 49.3 Å². The van der Waals surface area contributed by atoms with Crippen molar-refractivity contribution in [2.75, 3.05) is 76.1 Å². The number of aromatic nitrogens is 6. The number of amides is 1. The molecule has 0 bridgehead atoms. The first-order chi connectivity index (χ1) is 41.9. The number of carbonyl (C=O) groups is 1. The van der Waals surface area contributed by atoms with Crippen LogP contribution in [-0.2, 0) is 40.3 Å². The highest BCUT2D eigenvalue weighted by Crippen LogP contribution is 2.36. The molecule has 0 spiro atoms. The molecule has 2 aromatic carbocycles. The zero-order valence-electron chi connectivity index (χ0n) is 47.7. The van der Waals surface area contributed by atoms with Crippen LogP contribution in [0.15, 0.2) is 73.3 Å². The number of carbonyl (C=O) groups excluding carboxylic acids is 1. The molecule has 4 fully saturated rings. The number of H-pyrrole nitrogens is 2. The van der Waals surface area contributed by atoms with Gasteiger partial charge in [-0.25, -0.2) is 19.9 Å². The summed E-state index contributed by atoms with van der Waals surface area (Å²) in [5, 5.41) is 34.3. The van der Waals surface area contributed by atoms with Gasteiger partial charge in [0.25, 0.3) is 0 Å². The molecule has 4 aliphatic heterocycles. The van der Waals surface area contributed by atoms with Gasteiger partial charge in [-0.3, -0.25) is 14.6 Å². The van der Waals surface area contributed by atoms with E-state index < -0.39 is 25.2 Å². The molecule has 10 heterocycles. The summed E-state index contributed by atoms with van der Waals surface area (Å²) in [6.45, 7) is 7.81. The Labute approximate surface area is 512 Å². The molecule has 1 amide bonds. The summed E-state index contributed by atoms with van der Waals surface area (Å²) in [5.41, 5.74) is 11.8. The van der Waals surface area contributed by atoms with Crippen molar-refractivity contribution in [3.8, 4) is 12.1 Å². The fourth-order valence-corrected chi connectivity index (χ4v) is 14.1. The van der Waals surface area contributed by atoms with Crippen LogP contribution in [-0.4, -0.2) is 170 Å². The maximum absolute atomic E-state index is 13.1. The Hall–Kier alpha value is -6.70. The summed E-state index contributed by atoms with van der Waals surface area (Å²) in [7, 11) is 1.71. The van der Waals surface area contributed by atoms with Crippen molar-refractivity contribution in [2.45, 2.75) is 113 Å². The molecule has 6 atom stereocenters. The number of alkyl halides is 6. The van der Waals surface area contributed by atoms with Gasteiger partial charge in [0.2, 0.25) is 6.41 Å². The number of nitrogens with two attached hydrogens (primary N) is 1. The average molecular weight is 1260 g/mol. The van der Waals surface area contributed by atoms with Crippen LogP contribution < -0.4 is 21.7 Å². The summed E-state index contributed by atoms with van der Waals surface area (Å²) in [4.78, 5) is 47.3. The number of hydrogen-bond acceptors (Lipinski definition) is 19. The Morgan fingerprint density at radius 3 is 1.78 bits per heavy atom. The van der Waals surface area contributed by atoms with E-state index >= 15 is 0 Å². The third-order valence-corrected chi connectivity index (χ3v) is 18.4. The number of rotatable bonds is 18. The van der Waals surface area contributed by atoms with Crippen molar-refractivity contribution in [1.29, 1.82) is 10.5 Å². The van der Waals surface area contributed by atoms with Gasteiger partial charge < -0.3 is 46.1 Å². The number of halogens is 6. The highest BCUT2D eigenvalue weighted by atomic mass is 32.1. The third-order valence-electron chi connectivity index (χ3n) is 16.2. The smallest absolute Gasteiger partial charge is 0.369 e. The molecule has 8 aromatic rings. The van der Waals surface area contributed by atoms with Crippen molar-refractivity contribution in [3.05, 3.63) is 106 Å². The fourth-order valence-electron chi connectivity index (χ4n) is 12.0. The molecule has 7 N–H and O–H groups in total. The van der Waals surface area contributed by atoms with Gasteiger partial charge >= 0.3 is 12.4 Å². The van der Waals surface area contributed by atoms with Gasteiger partial charge in [0.1, 0.15) is 57.5 Å². The molecule has 28 heteroatoms. The maximum Gasteiger partial charge on any atom is 0.393 e. The number of likely N-dealkylation sites (tertiary alicyclic amines) is 3. The molecule has 87 heavy (non-hydrogen) atoms. The second-order valence-electron chi connectivity index (χ2n) is 22.3. The van der Waals surface area contributed by atoms with Crippen LogP contribution in [0.1, 0.15) is 70.8 Å². The predicted octanol–water partition coefficient (Wildman–Crippen LogP) is 9.49. The minimum absolute atomic E-state index is 0.0213. The number of hydroxylamine groups is 2. The average Bonchev–Trinajstić information content (AvgIpc) is 2.66. The lowest BCUT2D eigenvalue weighted by molar-refractivity contribution is -0.140. The summed E-state index contributed by atoms with van der Waals surface area (Å²) in [5.74, 6) is 1.53. The molecule has 0 aliphatic carbocycles. The number of thiophene rings is 2. The van der Waals surface area contributed by atoms with Crippen LogP contribution in [0.5, 0.6) is 0 Å². The second-order valence-corrected chi connectivity index (χ2v) is 24.8. The SMILES string of the molecule is CON1CCC[C@@H]1CNC1CN(Cc2ccc3[nH]c(C#N)cc3c2)CC[C@@H]1Nc1ncnc2sc(CC(F)(F)F)cc12.N#Cc1cc2cc(CN3CC[C@H](Nc4ncnc5sc(CC(F)(F)F)cc45)[C@@H](N)C3)ccc2[nH]1.O=CN1CCC[C@@H]1COCS. The minimum atomic E-state index is -4.27. The number of nitrogens with one attached hydrogen (secondary N) is 5. The number of ether oxygens (including phenoxy) is 1. The number of anilines is 2. The number of piperidine rings is 2. The van der Waals surface area contributed by atoms with E-state index in [-0.39, 0.29) is 40.0 Å². The van der Waals surface area contributed by atoms with Crippen LogP contribution in [0.2, 0.25) is 0 Å². The highest BCUT2D eigenvalue weighted by molar-refractivity contribution is 7.80. The standard InChI is InChI=1S/C29H33F3N8OS.C23H22F3N7S.C7H13NO2S/c1-41-40-7-2-3-21(40)14-34-26-16-39(15-18-4-5-24-19(9-18)10-20(13-33)37-24)8-6-25(26)38-27-23-11-22(12-29(30,31)32)42-28(23)36-17-35-27;24-23(25,26)8-16-7-17-21(29-12-30-22(17)34-16)32-20-3-4-33(11-18(20)28)10-13-1-2-19-14(5-13)6-15(9-27)31-19;9-5-8-3-1-2-7(8)4-10-6-11/h4-5,9-11,17,21,25-26,34,37H,2-3,6-8,12,14-16H2,1H3,(H,35,36,38);1-2,5-7,12,18,20,31H,3-4,8,10-11,28H2,(H,29,30,32);5,7,11H,1-4,6H2/t21-,25+,26?;18-,20-;7-/m101/s1. The van der Waals surface area contributed by atoms with E-state index in [1.165, 1.54) is 24.3 Å². The first kappa shape index (κ1) is 63.3. The second kappa shape index (κ2) is 28.6. The number of fused-ring (bicyclic) bond motifs is 4. The van der Waals surface area contributed by atoms with E-state index in [4.69, 9.17) is 20.6 Å². The molecule has 6 aromatic heterocycles. The summed E-state index contributed by atoms with van der Waals surface area (Å²) >= 11 is 6.02. The molecule has 4 aliphatic rings. The monoisotopic (exact) mass is 1260 g/mol. The molecule has 0 saturated carbocycles. The number of benzene rings is 2. The van der Waals surface area contributed by atoms with Crippen LogP contribution in [0.4, 0.5) is 38.0 Å². The van der Waals surface area contributed by atoms with Crippen molar-refractivity contribution in [3.63, 3.8) is 0 Å². The predicted molar refractivity (Wildman–Crippen MR) is 327 cm³/mol. The number of nitrogens with zero attached hydrogens (tertiary/aromatic N) is 10. The zero-order chi connectivity index (χ0) is 61.2. The van der Waals surface area contributed by atoms with E-state index in [2.05, 4.69) is 98.6 Å². The normalized spacial score (nSPS) is 21.4. The van der Waals surface area contributed by atoms with E-state index in [0.717, 1.165) is 147 Å². The lowest BCUT2D eigenvalue weighted by Crippen LogP contribution is -2.57. The minimum Gasteiger partial charge on any atom is -0.369 e. The Kier molecular flexibility index (Phi) is 20.8. The van der Waals surface area contributed by atoms with Crippen molar-refractivity contribution < 1.29 is 40.7 Å². The molecule has 19 nitrogen and oxygen atoms in total. The quantitative estimate of drug-likeness (QED) is 0.0183. The van der Waals surface area contributed by atoms with Crippen LogP contribution >= 0.6 is 35.3 Å². The molecule has 12 rings (SSSR count). The summed E-state index contributed by atoms with van der Waals surface area (Å²) in [6, 6.07) is 23.9. The highest BCUT2D eigenvalue weighted by Gasteiger charge is 2.35. The van der Waals surface area contributed by atoms with Crippen LogP contribution in [0, 0.1) is 22.7 Å². The molecule has 4 saturated heterocycles. The van der Waals surface area contributed by atoms with Gasteiger partial charge in [0, 0.05) is 121 Å². The molecule has 1 unspecified atom stereocenters. The van der Waals surface area contributed by atoms with Crippen molar-refractivity contribution >= 4 is 95.6 Å². The number of hydrogen-bond donors (Lipinski definition) is 7. The molecule has 462 valence electrons. The maximum atomic E-state index is 13.1. The number of thiol groups is 1. The van der Waals surface area contributed by atoms with E-state index in [9.17, 15) is 36.4 Å². The Morgan fingerprint density at radius 1 is 0.713 bits per heavy atom. The topological polar surface area (TPSA) is 241 Å². The van der Waals surface area contributed by atoms with Gasteiger partial charge in [-0.05, 0) is 98.2 Å². The van der Waals surface area contributed by atoms with E-state index in [1.807, 2.05) is 35.4 Å². The third kappa shape index (κ3) is 16.7. The first-order valence-corrected chi connectivity index (χ1v) is 31.0. The summed E-state index contributed by atoms with van der Waals surface area (Å²) < 4.78 is 82.7. The van der Waals surface area contributed by atoms with Gasteiger partial charge in [0.15, 0.2) is 0 Å². The Balaban J connectivity index is 0.000000166. The zero-order valence-corrected chi connectivity index (χ0v) is 50.2. The molecule has 0 radical (unpaired) electrons. The Morgan fingerprint density at radius 2 is 1.25 bits per heavy atom. The van der Waals surface area contributed by atoms with Gasteiger partial charge in [-0.15, -0.1) is 22.7 Å².